The molecular formula is C24H25FN4O2. The van der Waals surface area contributed by atoms with Gasteiger partial charge in [0.25, 0.3) is 0 Å². The molecule has 0 aliphatic carbocycles. The van der Waals surface area contributed by atoms with Gasteiger partial charge in [0.05, 0.1) is 0 Å². The van der Waals surface area contributed by atoms with E-state index in [0.29, 0.717) is 30.4 Å². The van der Waals surface area contributed by atoms with Gasteiger partial charge in [0.15, 0.2) is 5.84 Å². The molecule has 1 aliphatic rings. The Morgan fingerprint density at radius 3 is 2.35 bits per heavy atom. The van der Waals surface area contributed by atoms with Gasteiger partial charge in [-0.1, -0.05) is 22.9 Å². The van der Waals surface area contributed by atoms with E-state index in [9.17, 15) is 9.60 Å². The Bertz CT molecular complexity index is 1060. The number of anilines is 1. The number of oxime groups is 1. The van der Waals surface area contributed by atoms with Gasteiger partial charge in [0.1, 0.15) is 11.6 Å². The third kappa shape index (κ3) is 4.77. The second-order valence-corrected chi connectivity index (χ2v) is 7.63. The zero-order chi connectivity index (χ0) is 21.8. The molecule has 0 spiro atoms. The van der Waals surface area contributed by atoms with E-state index in [0.717, 1.165) is 30.1 Å². The standard InChI is InChI=1S/C24H25FN4O2/c1-17-3-9-22(18(2)15-17)31-23-10-4-19(16-26-23)24(27-30)29-13-11-28(12-14-29)21-7-5-20(25)6-8-21/h3-10,15-16,30H,11-14H2,1-2H3/b27-24-. The summed E-state index contributed by atoms with van der Waals surface area (Å²) in [6, 6.07) is 16.1. The molecule has 0 atom stereocenters. The van der Waals surface area contributed by atoms with Crippen LogP contribution in [0.4, 0.5) is 10.1 Å². The van der Waals surface area contributed by atoms with Crippen molar-refractivity contribution in [2.75, 3.05) is 31.1 Å². The minimum Gasteiger partial charge on any atom is -0.439 e. The minimum atomic E-state index is -0.241. The van der Waals surface area contributed by atoms with Crippen molar-refractivity contribution in [2.45, 2.75) is 13.8 Å². The summed E-state index contributed by atoms with van der Waals surface area (Å²) in [4.78, 5) is 8.59. The number of halogens is 1. The van der Waals surface area contributed by atoms with E-state index in [1.807, 2.05) is 36.9 Å². The predicted molar refractivity (Wildman–Crippen MR) is 119 cm³/mol. The quantitative estimate of drug-likeness (QED) is 0.290. The molecule has 1 N–H and O–H groups in total. The van der Waals surface area contributed by atoms with Gasteiger partial charge in [0, 0.05) is 49.7 Å². The van der Waals surface area contributed by atoms with Crippen molar-refractivity contribution < 1.29 is 14.3 Å². The van der Waals surface area contributed by atoms with Crippen LogP contribution in [0, 0.1) is 19.7 Å². The fourth-order valence-electron chi connectivity index (χ4n) is 3.73. The topological polar surface area (TPSA) is 61.2 Å². The third-order valence-corrected chi connectivity index (χ3v) is 5.41. The van der Waals surface area contributed by atoms with Crippen LogP contribution < -0.4 is 9.64 Å². The normalized spacial score (nSPS) is 14.6. The molecule has 3 aromatic rings. The first kappa shape index (κ1) is 20.7. The Labute approximate surface area is 181 Å². The van der Waals surface area contributed by atoms with Gasteiger partial charge in [-0.2, -0.15) is 0 Å². The number of ether oxygens (including phenoxy) is 1. The van der Waals surface area contributed by atoms with Gasteiger partial charge in [-0.05, 0) is 55.8 Å². The summed E-state index contributed by atoms with van der Waals surface area (Å²) in [5, 5.41) is 13.2. The number of piperazine rings is 1. The van der Waals surface area contributed by atoms with E-state index in [1.165, 1.54) is 17.7 Å². The molecule has 0 radical (unpaired) electrons. The molecule has 0 amide bonds. The van der Waals surface area contributed by atoms with Gasteiger partial charge in [-0.3, -0.25) is 0 Å². The molecule has 31 heavy (non-hydrogen) atoms. The van der Waals surface area contributed by atoms with E-state index < -0.39 is 0 Å². The van der Waals surface area contributed by atoms with Crippen molar-refractivity contribution in [3.63, 3.8) is 0 Å². The summed E-state index contributed by atoms with van der Waals surface area (Å²) in [5.41, 5.74) is 3.92. The van der Waals surface area contributed by atoms with E-state index in [2.05, 4.69) is 21.1 Å². The molecule has 2 aromatic carbocycles. The number of amidine groups is 1. The highest BCUT2D eigenvalue weighted by molar-refractivity contribution is 5.98. The molecule has 1 aromatic heterocycles. The molecular weight excluding hydrogens is 395 g/mol. The first-order chi connectivity index (χ1) is 15.0. The maximum atomic E-state index is 13.2. The van der Waals surface area contributed by atoms with Crippen LogP contribution in [-0.2, 0) is 0 Å². The maximum Gasteiger partial charge on any atom is 0.219 e. The molecule has 1 aliphatic heterocycles. The second kappa shape index (κ2) is 9.04. The summed E-state index contributed by atoms with van der Waals surface area (Å²) < 4.78 is 19.0. The zero-order valence-corrected chi connectivity index (χ0v) is 17.6. The van der Waals surface area contributed by atoms with Crippen molar-refractivity contribution >= 4 is 11.5 Å². The highest BCUT2D eigenvalue weighted by Crippen LogP contribution is 2.25. The lowest BCUT2D eigenvalue weighted by Gasteiger charge is -2.37. The van der Waals surface area contributed by atoms with Gasteiger partial charge in [-0.15, -0.1) is 0 Å². The lowest BCUT2D eigenvalue weighted by molar-refractivity contribution is 0.296. The van der Waals surface area contributed by atoms with Gasteiger partial charge in [0.2, 0.25) is 5.88 Å². The molecule has 0 saturated carbocycles. The van der Waals surface area contributed by atoms with Crippen molar-refractivity contribution in [3.05, 3.63) is 83.3 Å². The van der Waals surface area contributed by atoms with Crippen LogP contribution >= 0.6 is 0 Å². The van der Waals surface area contributed by atoms with Crippen LogP contribution in [0.15, 0.2) is 65.9 Å². The van der Waals surface area contributed by atoms with Crippen molar-refractivity contribution in [2.24, 2.45) is 5.16 Å². The number of pyridine rings is 1. The first-order valence-electron chi connectivity index (χ1n) is 10.2. The van der Waals surface area contributed by atoms with Gasteiger partial charge in [-0.25, -0.2) is 9.37 Å². The number of nitrogens with zero attached hydrogens (tertiary/aromatic N) is 4. The van der Waals surface area contributed by atoms with Crippen molar-refractivity contribution in [1.82, 2.24) is 9.88 Å². The summed E-state index contributed by atoms with van der Waals surface area (Å²) in [6.45, 7) is 6.88. The largest absolute Gasteiger partial charge is 0.439 e. The smallest absolute Gasteiger partial charge is 0.219 e. The zero-order valence-electron chi connectivity index (χ0n) is 17.6. The van der Waals surface area contributed by atoms with Crippen molar-refractivity contribution in [3.8, 4) is 11.6 Å². The van der Waals surface area contributed by atoms with Crippen molar-refractivity contribution in [1.29, 1.82) is 0 Å². The third-order valence-electron chi connectivity index (χ3n) is 5.41. The molecule has 160 valence electrons. The Kier molecular flexibility index (Phi) is 6.02. The highest BCUT2D eigenvalue weighted by Gasteiger charge is 2.22. The molecule has 7 heteroatoms. The summed E-state index contributed by atoms with van der Waals surface area (Å²) in [7, 11) is 0. The fraction of sp³-hybridized carbons (Fsp3) is 0.250. The van der Waals surface area contributed by atoms with Crippen LogP contribution in [0.25, 0.3) is 0 Å². The number of benzene rings is 2. The van der Waals surface area contributed by atoms with Crippen LogP contribution in [0.1, 0.15) is 16.7 Å². The first-order valence-corrected chi connectivity index (χ1v) is 10.2. The lowest BCUT2D eigenvalue weighted by Crippen LogP contribution is -2.49. The average molecular weight is 420 g/mol. The van der Waals surface area contributed by atoms with E-state index in [4.69, 9.17) is 4.74 Å². The number of aromatic nitrogens is 1. The molecule has 0 unspecified atom stereocenters. The molecule has 1 saturated heterocycles. The van der Waals surface area contributed by atoms with Gasteiger partial charge < -0.3 is 19.7 Å². The average Bonchev–Trinajstić information content (AvgIpc) is 2.78. The maximum absolute atomic E-state index is 13.2. The Morgan fingerprint density at radius 1 is 1.00 bits per heavy atom. The fourth-order valence-corrected chi connectivity index (χ4v) is 3.73. The summed E-state index contributed by atoms with van der Waals surface area (Å²) in [6.07, 6.45) is 1.65. The summed E-state index contributed by atoms with van der Waals surface area (Å²) in [5.74, 6) is 1.48. The highest BCUT2D eigenvalue weighted by atomic mass is 19.1. The Morgan fingerprint density at radius 2 is 1.74 bits per heavy atom. The van der Waals surface area contributed by atoms with Gasteiger partial charge >= 0.3 is 0 Å². The number of hydrogen-bond donors (Lipinski definition) is 1. The SMILES string of the molecule is Cc1ccc(Oc2ccc(/C(=N/O)N3CCN(c4ccc(F)cc4)CC3)cn2)c(C)c1. The predicted octanol–water partition coefficient (Wildman–Crippen LogP) is 4.59. The molecule has 2 heterocycles. The van der Waals surface area contributed by atoms with Crippen LogP contribution in [0.5, 0.6) is 11.6 Å². The van der Waals surface area contributed by atoms with E-state index >= 15 is 0 Å². The number of rotatable bonds is 4. The van der Waals surface area contributed by atoms with Crippen LogP contribution in [0.2, 0.25) is 0 Å². The Hall–Kier alpha value is -3.61. The van der Waals surface area contributed by atoms with E-state index in [1.54, 1.807) is 24.4 Å². The minimum absolute atomic E-state index is 0.241. The molecule has 1 fully saturated rings. The van der Waals surface area contributed by atoms with Crippen LogP contribution in [0.3, 0.4) is 0 Å². The molecule has 0 bridgehead atoms. The summed E-state index contributed by atoms with van der Waals surface area (Å²) >= 11 is 0. The lowest BCUT2D eigenvalue weighted by atomic mass is 10.1. The van der Waals surface area contributed by atoms with E-state index in [-0.39, 0.29) is 5.82 Å². The monoisotopic (exact) mass is 420 g/mol. The molecule has 6 nitrogen and oxygen atoms in total. The second-order valence-electron chi connectivity index (χ2n) is 7.63. The van der Waals surface area contributed by atoms with Crippen LogP contribution in [-0.4, -0.2) is 47.1 Å². The molecule has 4 rings (SSSR count). The Balaban J connectivity index is 1.41. The number of hydrogen-bond acceptors (Lipinski definition) is 5. The number of aryl methyl sites for hydroxylation is 2.